The summed E-state index contributed by atoms with van der Waals surface area (Å²) >= 11 is 0. The van der Waals surface area contributed by atoms with E-state index in [0.717, 1.165) is 13.0 Å². The van der Waals surface area contributed by atoms with E-state index in [4.69, 9.17) is 4.74 Å². The molecule has 0 aromatic heterocycles. The average molecular weight is 537 g/mol. The normalized spacial score (nSPS) is 12.8. The maximum atomic E-state index is 12.3. The molecule has 0 atom stereocenters. The van der Waals surface area contributed by atoms with E-state index in [2.05, 4.69) is 0 Å². The van der Waals surface area contributed by atoms with Crippen LogP contribution in [0.25, 0.3) is 32.3 Å². The van der Waals surface area contributed by atoms with Gasteiger partial charge in [-0.25, -0.2) is 0 Å². The Morgan fingerprint density at radius 2 is 1.27 bits per heavy atom. The predicted molar refractivity (Wildman–Crippen MR) is 118 cm³/mol. The molecule has 4 aromatic rings. The monoisotopic (exact) mass is 536 g/mol. The van der Waals surface area contributed by atoms with Gasteiger partial charge in [-0.05, 0) is 22.2 Å². The van der Waals surface area contributed by atoms with Crippen LogP contribution in [0.1, 0.15) is 6.92 Å². The highest BCUT2D eigenvalue weighted by molar-refractivity contribution is 7.90. The van der Waals surface area contributed by atoms with E-state index >= 15 is 0 Å². The van der Waals surface area contributed by atoms with E-state index in [0.29, 0.717) is 10.8 Å². The predicted octanol–water partition coefficient (Wildman–Crippen LogP) is 2.67. The molecule has 0 aliphatic heterocycles. The lowest BCUT2D eigenvalue weighted by Crippen LogP contribution is -2.16. The minimum atomic E-state index is -5.68. The van der Waals surface area contributed by atoms with Crippen molar-refractivity contribution in [3.8, 4) is 5.75 Å². The lowest BCUT2D eigenvalue weighted by Gasteiger charge is -2.20. The standard InChI is InChI=1S/C18H12O11S3.ClH/c1-8(19)29-12-7-10-4-2-3-9-5-6-11-14(13(9)10)15(12)17(31(23,24)25)18(32(26,27)28)16(11)30(20,21)22;/h2-7H,1H3,(H,20,21,22)(H,23,24,25)(H,26,27,28);1H. The molecule has 0 saturated carbocycles. The largest absolute Gasteiger partial charge is 0.426 e. The summed E-state index contributed by atoms with van der Waals surface area (Å²) in [6, 6.07) is 8.39. The van der Waals surface area contributed by atoms with E-state index < -0.39 is 67.5 Å². The molecular formula is C18H13ClO11S3. The van der Waals surface area contributed by atoms with Crippen LogP contribution in [0.2, 0.25) is 0 Å². The Hall–Kier alpha value is -2.59. The molecule has 0 amide bonds. The van der Waals surface area contributed by atoms with Gasteiger partial charge in [-0.2, -0.15) is 25.3 Å². The third kappa shape index (κ3) is 3.99. The van der Waals surface area contributed by atoms with Gasteiger partial charge in [-0.3, -0.25) is 18.5 Å². The highest BCUT2D eigenvalue weighted by Crippen LogP contribution is 2.48. The average Bonchev–Trinajstić information content (AvgIpc) is 2.62. The first-order valence-corrected chi connectivity index (χ1v) is 12.8. The topological polar surface area (TPSA) is 189 Å². The maximum Gasteiger partial charge on any atom is 0.308 e. The van der Waals surface area contributed by atoms with Gasteiger partial charge in [0.2, 0.25) is 0 Å². The number of hydrogen-bond acceptors (Lipinski definition) is 8. The van der Waals surface area contributed by atoms with Crippen LogP contribution < -0.4 is 4.74 Å². The van der Waals surface area contributed by atoms with Gasteiger partial charge >= 0.3 is 5.97 Å². The van der Waals surface area contributed by atoms with Gasteiger partial charge in [-0.15, -0.1) is 12.4 Å². The molecule has 0 heterocycles. The van der Waals surface area contributed by atoms with Gasteiger partial charge in [0, 0.05) is 23.1 Å². The van der Waals surface area contributed by atoms with Crippen LogP contribution in [0.15, 0.2) is 51.1 Å². The van der Waals surface area contributed by atoms with Gasteiger partial charge in [0.05, 0.1) is 0 Å². The molecule has 0 fully saturated rings. The number of rotatable bonds is 4. The third-order valence-corrected chi connectivity index (χ3v) is 7.82. The second kappa shape index (κ2) is 7.73. The third-order valence-electron chi connectivity index (χ3n) is 4.77. The molecule has 0 bridgehead atoms. The van der Waals surface area contributed by atoms with E-state index in [9.17, 15) is 43.7 Å². The summed E-state index contributed by atoms with van der Waals surface area (Å²) in [4.78, 5) is 6.89. The first-order chi connectivity index (χ1) is 14.6. The SMILES string of the molecule is CC(=O)Oc1cc2cccc3ccc4c(S(=O)(=O)O)c(S(=O)(=O)O)c(S(=O)(=O)O)c1c4c32.Cl. The number of esters is 1. The van der Waals surface area contributed by atoms with E-state index in [1.165, 1.54) is 18.2 Å². The summed E-state index contributed by atoms with van der Waals surface area (Å²) in [5, 5.41) is -0.352. The lowest BCUT2D eigenvalue weighted by molar-refractivity contribution is -0.131. The van der Waals surface area contributed by atoms with Gasteiger partial charge < -0.3 is 4.74 Å². The molecule has 3 N–H and O–H groups in total. The molecule has 33 heavy (non-hydrogen) atoms. The van der Waals surface area contributed by atoms with E-state index in [1.807, 2.05) is 0 Å². The number of carbonyl (C=O) groups excluding carboxylic acids is 1. The zero-order chi connectivity index (χ0) is 23.8. The Balaban J connectivity index is 0.00000306. The quantitative estimate of drug-likeness (QED) is 0.150. The van der Waals surface area contributed by atoms with Crippen molar-refractivity contribution in [1.82, 2.24) is 0 Å². The van der Waals surface area contributed by atoms with E-state index in [1.54, 1.807) is 12.1 Å². The van der Waals surface area contributed by atoms with Crippen LogP contribution >= 0.6 is 12.4 Å². The van der Waals surface area contributed by atoms with Crippen molar-refractivity contribution < 1.29 is 48.4 Å². The van der Waals surface area contributed by atoms with Gasteiger partial charge in [-0.1, -0.05) is 30.3 Å². The fourth-order valence-corrected chi connectivity index (χ4v) is 7.44. The van der Waals surface area contributed by atoms with Crippen molar-refractivity contribution in [3.63, 3.8) is 0 Å². The highest BCUT2D eigenvalue weighted by atomic mass is 35.5. The van der Waals surface area contributed by atoms with Crippen LogP contribution in [0.4, 0.5) is 0 Å². The Labute approximate surface area is 192 Å². The van der Waals surface area contributed by atoms with Gasteiger partial charge in [0.15, 0.2) is 0 Å². The number of ether oxygens (including phenoxy) is 1. The minimum absolute atomic E-state index is 0. The summed E-state index contributed by atoms with van der Waals surface area (Å²) in [5.74, 6) is -1.46. The molecule has 0 aliphatic carbocycles. The van der Waals surface area contributed by atoms with Crippen LogP contribution in [0, 0.1) is 0 Å². The molecule has 0 saturated heterocycles. The summed E-state index contributed by atoms with van der Waals surface area (Å²) in [6.07, 6.45) is 0. The summed E-state index contributed by atoms with van der Waals surface area (Å²) < 4.78 is 108. The maximum absolute atomic E-state index is 12.3. The number of hydrogen-bond donors (Lipinski definition) is 3. The number of carbonyl (C=O) groups is 1. The van der Waals surface area contributed by atoms with Crippen molar-refractivity contribution >= 4 is 81.0 Å². The van der Waals surface area contributed by atoms with Crippen molar-refractivity contribution in [1.29, 1.82) is 0 Å². The second-order valence-corrected chi connectivity index (χ2v) is 10.9. The zero-order valence-corrected chi connectivity index (χ0v) is 19.5. The van der Waals surface area contributed by atoms with Crippen LogP contribution in [0.5, 0.6) is 5.75 Å². The van der Waals surface area contributed by atoms with Crippen molar-refractivity contribution in [3.05, 3.63) is 36.4 Å². The lowest BCUT2D eigenvalue weighted by atomic mass is 9.93. The van der Waals surface area contributed by atoms with E-state index in [-0.39, 0.29) is 23.2 Å². The molecule has 0 aliphatic rings. The summed E-state index contributed by atoms with van der Waals surface area (Å²) in [6.45, 7) is 0.975. The van der Waals surface area contributed by atoms with Crippen LogP contribution in [-0.2, 0) is 35.1 Å². The molecule has 11 nitrogen and oxygen atoms in total. The number of halogens is 1. The Morgan fingerprint density at radius 1 is 0.727 bits per heavy atom. The van der Waals surface area contributed by atoms with Crippen LogP contribution in [-0.4, -0.2) is 44.9 Å². The van der Waals surface area contributed by atoms with Crippen molar-refractivity contribution in [2.45, 2.75) is 21.6 Å². The molecule has 4 aromatic carbocycles. The summed E-state index contributed by atoms with van der Waals surface area (Å²) in [5.41, 5.74) is 0. The van der Waals surface area contributed by atoms with Gasteiger partial charge in [0.1, 0.15) is 20.4 Å². The Morgan fingerprint density at radius 3 is 1.79 bits per heavy atom. The minimum Gasteiger partial charge on any atom is -0.426 e. The number of benzene rings is 4. The zero-order valence-electron chi connectivity index (χ0n) is 16.2. The van der Waals surface area contributed by atoms with Crippen LogP contribution in [0.3, 0.4) is 0 Å². The second-order valence-electron chi connectivity index (χ2n) is 6.82. The first kappa shape index (κ1) is 25.0. The van der Waals surface area contributed by atoms with Crippen molar-refractivity contribution in [2.24, 2.45) is 0 Å². The summed E-state index contributed by atoms with van der Waals surface area (Å²) in [7, 11) is -16.8. The Bertz CT molecular complexity index is 1790. The fourth-order valence-electron chi connectivity index (χ4n) is 3.85. The highest BCUT2D eigenvalue weighted by Gasteiger charge is 2.38. The van der Waals surface area contributed by atoms with Crippen molar-refractivity contribution in [2.75, 3.05) is 0 Å². The molecule has 0 unspecified atom stereocenters. The molecule has 4 rings (SSSR count). The first-order valence-electron chi connectivity index (χ1n) is 8.50. The molecule has 0 spiro atoms. The molecule has 0 radical (unpaired) electrons. The Kier molecular flexibility index (Phi) is 5.87. The van der Waals surface area contributed by atoms with Gasteiger partial charge in [0.25, 0.3) is 30.4 Å². The molecule has 176 valence electrons. The molecular weight excluding hydrogens is 524 g/mol. The fraction of sp³-hybridized carbons (Fsp3) is 0.0556. The smallest absolute Gasteiger partial charge is 0.308 e. The molecule has 15 heteroatoms.